The number of halogens is 1. The summed E-state index contributed by atoms with van der Waals surface area (Å²) >= 11 is 5.90. The molecule has 5 heteroatoms. The predicted molar refractivity (Wildman–Crippen MR) is 85.0 cm³/mol. The third-order valence-corrected chi connectivity index (χ3v) is 3.72. The van der Waals surface area contributed by atoms with Crippen LogP contribution < -0.4 is 5.73 Å². The summed E-state index contributed by atoms with van der Waals surface area (Å²) in [6.07, 6.45) is 1.99. The van der Waals surface area contributed by atoms with Gasteiger partial charge in [-0.1, -0.05) is 41.0 Å². The molecule has 0 aliphatic carbocycles. The highest BCUT2D eigenvalue weighted by Gasteiger charge is 2.09. The van der Waals surface area contributed by atoms with Crippen molar-refractivity contribution in [2.24, 2.45) is 10.9 Å². The van der Waals surface area contributed by atoms with Gasteiger partial charge in [-0.2, -0.15) is 0 Å². The smallest absolute Gasteiger partial charge is 0.170 e. The number of fused-ring (bicyclic) bond motifs is 1. The predicted octanol–water partition coefficient (Wildman–Crippen LogP) is 3.44. The van der Waals surface area contributed by atoms with E-state index in [0.29, 0.717) is 0 Å². The second-order valence-corrected chi connectivity index (χ2v) is 5.23. The standard InChI is InChI=1S/C16H14ClN3O/c17-12-6-4-11(5-7-12)10-20-9-8-13-14(16(18)19-21)2-1-3-15(13)20/h1-9,21H,10H2,(H2,18,19). The van der Waals surface area contributed by atoms with E-state index in [-0.39, 0.29) is 5.84 Å². The summed E-state index contributed by atoms with van der Waals surface area (Å²) < 4.78 is 2.12. The summed E-state index contributed by atoms with van der Waals surface area (Å²) in [6.45, 7) is 0.736. The Balaban J connectivity index is 2.03. The van der Waals surface area contributed by atoms with Gasteiger partial charge in [-0.25, -0.2) is 0 Å². The number of oxime groups is 1. The zero-order valence-corrected chi connectivity index (χ0v) is 12.0. The topological polar surface area (TPSA) is 63.5 Å². The van der Waals surface area contributed by atoms with Crippen molar-refractivity contribution in [3.63, 3.8) is 0 Å². The van der Waals surface area contributed by atoms with Crippen molar-refractivity contribution in [3.8, 4) is 0 Å². The maximum atomic E-state index is 8.86. The number of hydrogen-bond donors (Lipinski definition) is 2. The molecule has 0 unspecified atom stereocenters. The summed E-state index contributed by atoms with van der Waals surface area (Å²) in [5.41, 5.74) is 8.64. The van der Waals surface area contributed by atoms with Crippen molar-refractivity contribution in [2.75, 3.05) is 0 Å². The second kappa shape index (κ2) is 5.50. The summed E-state index contributed by atoms with van der Waals surface area (Å²) in [4.78, 5) is 0. The monoisotopic (exact) mass is 299 g/mol. The highest BCUT2D eigenvalue weighted by molar-refractivity contribution is 6.30. The molecule has 0 bridgehead atoms. The average molecular weight is 300 g/mol. The van der Waals surface area contributed by atoms with E-state index in [1.807, 2.05) is 54.7 Å². The number of amidine groups is 1. The van der Waals surface area contributed by atoms with Gasteiger partial charge in [0.2, 0.25) is 0 Å². The Morgan fingerprint density at radius 3 is 2.62 bits per heavy atom. The zero-order chi connectivity index (χ0) is 14.8. The molecule has 3 aromatic rings. The zero-order valence-electron chi connectivity index (χ0n) is 11.2. The minimum absolute atomic E-state index is 0.116. The van der Waals surface area contributed by atoms with Gasteiger partial charge in [0.1, 0.15) is 0 Å². The lowest BCUT2D eigenvalue weighted by atomic mass is 10.1. The van der Waals surface area contributed by atoms with Gasteiger partial charge in [0.25, 0.3) is 0 Å². The molecular weight excluding hydrogens is 286 g/mol. The van der Waals surface area contributed by atoms with E-state index < -0.39 is 0 Å². The average Bonchev–Trinajstić information content (AvgIpc) is 2.92. The number of aromatic nitrogens is 1. The van der Waals surface area contributed by atoms with Gasteiger partial charge in [-0.05, 0) is 29.8 Å². The van der Waals surface area contributed by atoms with Crippen molar-refractivity contribution in [2.45, 2.75) is 6.54 Å². The molecule has 0 saturated carbocycles. The van der Waals surface area contributed by atoms with Gasteiger partial charge < -0.3 is 15.5 Å². The molecule has 3 rings (SSSR count). The van der Waals surface area contributed by atoms with Gasteiger partial charge in [0.05, 0.1) is 0 Å². The van der Waals surface area contributed by atoms with Crippen molar-refractivity contribution >= 4 is 28.3 Å². The first-order valence-electron chi connectivity index (χ1n) is 6.49. The van der Waals surface area contributed by atoms with E-state index in [1.165, 1.54) is 0 Å². The summed E-state index contributed by atoms with van der Waals surface area (Å²) in [5, 5.41) is 13.6. The summed E-state index contributed by atoms with van der Waals surface area (Å²) in [5.74, 6) is 0.116. The molecule has 0 spiro atoms. The van der Waals surface area contributed by atoms with Crippen molar-refractivity contribution in [1.82, 2.24) is 4.57 Å². The second-order valence-electron chi connectivity index (χ2n) is 4.79. The molecule has 106 valence electrons. The third kappa shape index (κ3) is 2.58. The van der Waals surface area contributed by atoms with Gasteiger partial charge in [0, 0.05) is 34.2 Å². The van der Waals surface area contributed by atoms with E-state index >= 15 is 0 Å². The SMILES string of the molecule is N/C(=N/O)c1cccc2c1ccn2Cc1ccc(Cl)cc1. The molecule has 0 fully saturated rings. The quantitative estimate of drug-likeness (QED) is 0.337. The largest absolute Gasteiger partial charge is 0.409 e. The van der Waals surface area contributed by atoms with E-state index in [0.717, 1.165) is 33.6 Å². The van der Waals surface area contributed by atoms with E-state index in [1.54, 1.807) is 0 Å². The van der Waals surface area contributed by atoms with Crippen molar-refractivity contribution in [1.29, 1.82) is 0 Å². The van der Waals surface area contributed by atoms with Crippen molar-refractivity contribution < 1.29 is 5.21 Å². The maximum Gasteiger partial charge on any atom is 0.170 e. The molecule has 21 heavy (non-hydrogen) atoms. The molecule has 0 aliphatic heterocycles. The van der Waals surface area contributed by atoms with Crippen LogP contribution in [0.25, 0.3) is 10.9 Å². The number of nitrogens with two attached hydrogens (primary N) is 1. The van der Waals surface area contributed by atoms with Gasteiger partial charge in [0.15, 0.2) is 5.84 Å². The van der Waals surface area contributed by atoms with Crippen LogP contribution in [0, 0.1) is 0 Å². The fraction of sp³-hybridized carbons (Fsp3) is 0.0625. The molecule has 0 atom stereocenters. The summed E-state index contributed by atoms with van der Waals surface area (Å²) in [7, 11) is 0. The number of benzene rings is 2. The van der Waals surface area contributed by atoms with Crippen LogP contribution in [0.2, 0.25) is 5.02 Å². The molecular formula is C16H14ClN3O. The Morgan fingerprint density at radius 1 is 1.14 bits per heavy atom. The first kappa shape index (κ1) is 13.5. The van der Waals surface area contributed by atoms with E-state index in [4.69, 9.17) is 22.5 Å². The lowest BCUT2D eigenvalue weighted by Crippen LogP contribution is -2.13. The van der Waals surface area contributed by atoms with Crippen LogP contribution in [0.3, 0.4) is 0 Å². The van der Waals surface area contributed by atoms with Crippen LogP contribution in [0.5, 0.6) is 0 Å². The molecule has 4 nitrogen and oxygen atoms in total. The fourth-order valence-corrected chi connectivity index (χ4v) is 2.55. The Hall–Kier alpha value is -2.46. The Bertz CT molecular complexity index is 806. The number of nitrogens with zero attached hydrogens (tertiary/aromatic N) is 2. The van der Waals surface area contributed by atoms with Gasteiger partial charge in [-0.3, -0.25) is 0 Å². The Morgan fingerprint density at radius 2 is 1.90 bits per heavy atom. The highest BCUT2D eigenvalue weighted by Crippen LogP contribution is 2.21. The molecule has 0 amide bonds. The normalized spacial score (nSPS) is 12.0. The van der Waals surface area contributed by atoms with Gasteiger partial charge in [-0.15, -0.1) is 0 Å². The van der Waals surface area contributed by atoms with Gasteiger partial charge >= 0.3 is 0 Å². The van der Waals surface area contributed by atoms with Crippen molar-refractivity contribution in [3.05, 3.63) is 70.9 Å². The van der Waals surface area contributed by atoms with Crippen LogP contribution in [-0.4, -0.2) is 15.6 Å². The lowest BCUT2D eigenvalue weighted by Gasteiger charge is -2.07. The van der Waals surface area contributed by atoms with Crippen LogP contribution in [0.1, 0.15) is 11.1 Å². The first-order valence-corrected chi connectivity index (χ1v) is 6.87. The summed E-state index contributed by atoms with van der Waals surface area (Å²) in [6, 6.07) is 15.5. The first-order chi connectivity index (χ1) is 10.2. The molecule has 3 N–H and O–H groups in total. The molecule has 0 aliphatic rings. The third-order valence-electron chi connectivity index (χ3n) is 3.46. The molecule has 1 aromatic heterocycles. The van der Waals surface area contributed by atoms with Crippen LogP contribution in [-0.2, 0) is 6.54 Å². The minimum atomic E-state index is 0.116. The minimum Gasteiger partial charge on any atom is -0.409 e. The number of rotatable bonds is 3. The van der Waals surface area contributed by atoms with E-state index in [9.17, 15) is 0 Å². The molecule has 0 saturated heterocycles. The number of hydrogen-bond acceptors (Lipinski definition) is 2. The Kier molecular flexibility index (Phi) is 3.54. The molecule has 0 radical (unpaired) electrons. The van der Waals surface area contributed by atoms with Crippen LogP contribution >= 0.6 is 11.6 Å². The fourth-order valence-electron chi connectivity index (χ4n) is 2.43. The lowest BCUT2D eigenvalue weighted by molar-refractivity contribution is 0.318. The maximum absolute atomic E-state index is 8.86. The van der Waals surface area contributed by atoms with Crippen LogP contribution in [0.4, 0.5) is 0 Å². The molecule has 2 aromatic carbocycles. The Labute approximate surface area is 127 Å². The van der Waals surface area contributed by atoms with E-state index in [2.05, 4.69) is 9.72 Å². The molecule has 1 heterocycles. The highest BCUT2D eigenvalue weighted by atomic mass is 35.5. The van der Waals surface area contributed by atoms with Crippen LogP contribution in [0.15, 0.2) is 59.9 Å².